The van der Waals surface area contributed by atoms with E-state index in [2.05, 4.69) is 4.98 Å². The van der Waals surface area contributed by atoms with E-state index in [1.54, 1.807) is 40.3 Å². The van der Waals surface area contributed by atoms with Gasteiger partial charge >= 0.3 is 0 Å². The molecule has 1 fully saturated rings. The third-order valence-electron chi connectivity index (χ3n) is 4.90. The molecule has 1 aliphatic heterocycles. The number of piperazine rings is 1. The van der Waals surface area contributed by atoms with E-state index in [4.69, 9.17) is 0 Å². The second kappa shape index (κ2) is 8.82. The molecule has 0 spiro atoms. The standard InChI is InChI=1S/C21H25FN4O2/c1-24(2)20-18(4-3-11-23-20)21(28)26-14-12-25(13-15-26)19(27)10-7-16-5-8-17(22)9-6-16/h3-6,8-9,11H,7,10,12-15H2,1-2H3. The Morgan fingerprint density at radius 1 is 1.04 bits per heavy atom. The fourth-order valence-corrected chi connectivity index (χ4v) is 3.31. The third-order valence-corrected chi connectivity index (χ3v) is 4.90. The van der Waals surface area contributed by atoms with E-state index in [0.29, 0.717) is 50.4 Å². The number of aromatic nitrogens is 1. The van der Waals surface area contributed by atoms with Gasteiger partial charge in [0.2, 0.25) is 5.91 Å². The minimum Gasteiger partial charge on any atom is -0.362 e. The van der Waals surface area contributed by atoms with Crippen molar-refractivity contribution in [2.45, 2.75) is 12.8 Å². The number of carbonyl (C=O) groups is 2. The van der Waals surface area contributed by atoms with Crippen LogP contribution in [0.15, 0.2) is 42.6 Å². The maximum absolute atomic E-state index is 13.0. The summed E-state index contributed by atoms with van der Waals surface area (Å²) < 4.78 is 13.0. The minimum atomic E-state index is -0.276. The van der Waals surface area contributed by atoms with E-state index in [0.717, 1.165) is 5.56 Å². The lowest BCUT2D eigenvalue weighted by Gasteiger charge is -2.35. The maximum atomic E-state index is 13.0. The smallest absolute Gasteiger partial charge is 0.257 e. The summed E-state index contributed by atoms with van der Waals surface area (Å²) in [6.07, 6.45) is 2.64. The predicted octanol–water partition coefficient (Wildman–Crippen LogP) is 2.20. The van der Waals surface area contributed by atoms with Crippen LogP contribution in [0.25, 0.3) is 0 Å². The number of hydrogen-bond donors (Lipinski definition) is 0. The Bertz CT molecular complexity index is 831. The van der Waals surface area contributed by atoms with Gasteiger partial charge in [0, 0.05) is 52.9 Å². The molecule has 0 atom stereocenters. The molecule has 0 aliphatic carbocycles. The van der Waals surface area contributed by atoms with Crippen LogP contribution in [0, 0.1) is 5.82 Å². The van der Waals surface area contributed by atoms with Gasteiger partial charge in [0.1, 0.15) is 11.6 Å². The summed E-state index contributed by atoms with van der Waals surface area (Å²) in [5, 5.41) is 0. The van der Waals surface area contributed by atoms with Gasteiger partial charge in [-0.15, -0.1) is 0 Å². The lowest BCUT2D eigenvalue weighted by molar-refractivity contribution is -0.132. The molecule has 7 heteroatoms. The van der Waals surface area contributed by atoms with Gasteiger partial charge in [-0.2, -0.15) is 0 Å². The summed E-state index contributed by atoms with van der Waals surface area (Å²) >= 11 is 0. The molecule has 1 aliphatic rings. The van der Waals surface area contributed by atoms with E-state index in [1.165, 1.54) is 12.1 Å². The first-order valence-corrected chi connectivity index (χ1v) is 9.39. The van der Waals surface area contributed by atoms with Crippen molar-refractivity contribution in [2.75, 3.05) is 45.2 Å². The Kier molecular flexibility index (Phi) is 6.23. The van der Waals surface area contributed by atoms with Crippen LogP contribution in [-0.2, 0) is 11.2 Å². The van der Waals surface area contributed by atoms with Crippen LogP contribution in [0.4, 0.5) is 10.2 Å². The van der Waals surface area contributed by atoms with Crippen LogP contribution in [0.5, 0.6) is 0 Å². The van der Waals surface area contributed by atoms with Crippen molar-refractivity contribution in [3.8, 4) is 0 Å². The predicted molar refractivity (Wildman–Crippen MR) is 106 cm³/mol. The Labute approximate surface area is 164 Å². The molecule has 0 saturated carbocycles. The van der Waals surface area contributed by atoms with Crippen LogP contribution < -0.4 is 4.90 Å². The quantitative estimate of drug-likeness (QED) is 0.793. The number of carbonyl (C=O) groups excluding carboxylic acids is 2. The molecule has 1 aromatic heterocycles. The molecule has 1 saturated heterocycles. The Hall–Kier alpha value is -2.96. The van der Waals surface area contributed by atoms with E-state index >= 15 is 0 Å². The molecule has 0 radical (unpaired) electrons. The van der Waals surface area contributed by atoms with Crippen molar-refractivity contribution in [2.24, 2.45) is 0 Å². The van der Waals surface area contributed by atoms with Gasteiger partial charge in [-0.25, -0.2) is 9.37 Å². The highest BCUT2D eigenvalue weighted by Crippen LogP contribution is 2.18. The molecule has 6 nitrogen and oxygen atoms in total. The first kappa shape index (κ1) is 19.8. The molecule has 0 bridgehead atoms. The van der Waals surface area contributed by atoms with Gasteiger partial charge in [-0.3, -0.25) is 9.59 Å². The topological polar surface area (TPSA) is 56.8 Å². The molecule has 2 amide bonds. The van der Waals surface area contributed by atoms with E-state index in [9.17, 15) is 14.0 Å². The van der Waals surface area contributed by atoms with Gasteiger partial charge in [-0.1, -0.05) is 12.1 Å². The molecule has 28 heavy (non-hydrogen) atoms. The zero-order valence-corrected chi connectivity index (χ0v) is 16.3. The van der Waals surface area contributed by atoms with E-state index in [1.807, 2.05) is 19.0 Å². The summed E-state index contributed by atoms with van der Waals surface area (Å²) in [5.74, 6) is 0.370. The first-order chi connectivity index (χ1) is 13.5. The lowest BCUT2D eigenvalue weighted by Crippen LogP contribution is -2.50. The zero-order valence-electron chi connectivity index (χ0n) is 16.3. The molecular weight excluding hydrogens is 359 g/mol. The second-order valence-electron chi connectivity index (χ2n) is 7.07. The third kappa shape index (κ3) is 4.65. The Morgan fingerprint density at radius 2 is 1.68 bits per heavy atom. The van der Waals surface area contributed by atoms with Gasteiger partial charge in [-0.05, 0) is 36.2 Å². The lowest BCUT2D eigenvalue weighted by atomic mass is 10.1. The van der Waals surface area contributed by atoms with Crippen molar-refractivity contribution in [1.29, 1.82) is 0 Å². The zero-order chi connectivity index (χ0) is 20.1. The normalized spacial score (nSPS) is 14.1. The average molecular weight is 384 g/mol. The SMILES string of the molecule is CN(C)c1ncccc1C(=O)N1CCN(C(=O)CCc2ccc(F)cc2)CC1. The van der Waals surface area contributed by atoms with Gasteiger partial charge in [0.25, 0.3) is 5.91 Å². The number of anilines is 1. The molecule has 1 aromatic carbocycles. The van der Waals surface area contributed by atoms with Crippen LogP contribution in [0.3, 0.4) is 0 Å². The number of aryl methyl sites for hydroxylation is 1. The molecule has 0 N–H and O–H groups in total. The number of rotatable bonds is 5. The number of amides is 2. The van der Waals surface area contributed by atoms with Gasteiger partial charge in [0.15, 0.2) is 0 Å². The van der Waals surface area contributed by atoms with Crippen molar-refractivity contribution < 1.29 is 14.0 Å². The number of nitrogens with zero attached hydrogens (tertiary/aromatic N) is 4. The molecule has 3 rings (SSSR count). The van der Waals surface area contributed by atoms with Crippen molar-refractivity contribution in [3.05, 3.63) is 59.5 Å². The minimum absolute atomic E-state index is 0.0600. The monoisotopic (exact) mass is 384 g/mol. The number of halogens is 1. The van der Waals surface area contributed by atoms with Crippen molar-refractivity contribution >= 4 is 17.6 Å². The molecular formula is C21H25FN4O2. The van der Waals surface area contributed by atoms with Gasteiger partial charge < -0.3 is 14.7 Å². The van der Waals surface area contributed by atoms with E-state index in [-0.39, 0.29) is 17.6 Å². The highest BCUT2D eigenvalue weighted by atomic mass is 19.1. The summed E-state index contributed by atoms with van der Waals surface area (Å²) in [7, 11) is 3.72. The van der Waals surface area contributed by atoms with Crippen LogP contribution >= 0.6 is 0 Å². The van der Waals surface area contributed by atoms with Crippen molar-refractivity contribution in [3.63, 3.8) is 0 Å². The number of hydrogen-bond acceptors (Lipinski definition) is 4. The molecule has 148 valence electrons. The number of benzene rings is 1. The Morgan fingerprint density at radius 3 is 2.32 bits per heavy atom. The van der Waals surface area contributed by atoms with Gasteiger partial charge in [0.05, 0.1) is 5.56 Å². The highest BCUT2D eigenvalue weighted by molar-refractivity contribution is 5.99. The maximum Gasteiger partial charge on any atom is 0.257 e. The van der Waals surface area contributed by atoms with E-state index < -0.39 is 0 Å². The van der Waals surface area contributed by atoms with Crippen LogP contribution in [0.1, 0.15) is 22.3 Å². The summed E-state index contributed by atoms with van der Waals surface area (Å²) in [6, 6.07) is 9.76. The summed E-state index contributed by atoms with van der Waals surface area (Å²) in [6.45, 7) is 2.04. The fourth-order valence-electron chi connectivity index (χ4n) is 3.31. The molecule has 2 heterocycles. The largest absolute Gasteiger partial charge is 0.362 e. The Balaban J connectivity index is 1.53. The summed E-state index contributed by atoms with van der Waals surface area (Å²) in [4.78, 5) is 35.0. The second-order valence-corrected chi connectivity index (χ2v) is 7.07. The van der Waals surface area contributed by atoms with Crippen molar-refractivity contribution in [1.82, 2.24) is 14.8 Å². The molecule has 2 aromatic rings. The molecule has 0 unspecified atom stereocenters. The van der Waals surface area contributed by atoms with Crippen LogP contribution in [-0.4, -0.2) is 66.9 Å². The summed E-state index contributed by atoms with van der Waals surface area (Å²) in [5.41, 5.74) is 1.51. The first-order valence-electron chi connectivity index (χ1n) is 9.39. The highest BCUT2D eigenvalue weighted by Gasteiger charge is 2.26. The van der Waals surface area contributed by atoms with Crippen LogP contribution in [0.2, 0.25) is 0 Å². The average Bonchev–Trinajstić information content (AvgIpc) is 2.72. The fraction of sp³-hybridized carbons (Fsp3) is 0.381. The number of pyridine rings is 1.